The zero-order valence-electron chi connectivity index (χ0n) is 21.8. The van der Waals surface area contributed by atoms with Gasteiger partial charge in [0.2, 0.25) is 16.3 Å². The number of rotatable bonds is 7. The number of carboxylic acids is 1. The van der Waals surface area contributed by atoms with E-state index in [1.165, 1.54) is 23.5 Å². The van der Waals surface area contributed by atoms with E-state index in [4.69, 9.17) is 9.47 Å². The molecule has 0 radical (unpaired) electrons. The van der Waals surface area contributed by atoms with Crippen LogP contribution in [0, 0.1) is 5.82 Å². The number of likely N-dealkylation sites (N-methyl/N-ethyl adjacent to an activating group) is 1. The summed E-state index contributed by atoms with van der Waals surface area (Å²) in [6.07, 6.45) is -8.85. The highest BCUT2D eigenvalue weighted by molar-refractivity contribution is 7.89. The smallest absolute Gasteiger partial charge is 0.335 e. The first-order valence-electron chi connectivity index (χ1n) is 12.8. The van der Waals surface area contributed by atoms with Crippen LogP contribution < -0.4 is 0 Å². The molecule has 3 heterocycles. The lowest BCUT2D eigenvalue weighted by Gasteiger charge is -2.38. The van der Waals surface area contributed by atoms with E-state index in [1.807, 2.05) is 22.8 Å². The zero-order chi connectivity index (χ0) is 29.6. The molecule has 0 aliphatic carbocycles. The maximum absolute atomic E-state index is 13.4. The van der Waals surface area contributed by atoms with Gasteiger partial charge in [-0.05, 0) is 48.7 Å². The Morgan fingerprint density at radius 3 is 2.44 bits per heavy atom. The van der Waals surface area contributed by atoms with Gasteiger partial charge in [0, 0.05) is 36.2 Å². The molecule has 1 fully saturated rings. The zero-order valence-corrected chi connectivity index (χ0v) is 22.6. The number of aliphatic carboxylic acids is 1. The summed E-state index contributed by atoms with van der Waals surface area (Å²) in [7, 11) is -2.43. The molecule has 2 aliphatic heterocycles. The molecule has 6 atom stereocenters. The number of carbonyl (C=O) groups is 2. The molecule has 5 rings (SSSR count). The molecule has 4 N–H and O–H groups in total. The lowest BCUT2D eigenvalue weighted by molar-refractivity contribution is -0.286. The van der Waals surface area contributed by atoms with Crippen LogP contribution in [0.4, 0.5) is 4.39 Å². The van der Waals surface area contributed by atoms with Crippen LogP contribution in [0.2, 0.25) is 0 Å². The summed E-state index contributed by atoms with van der Waals surface area (Å²) in [4.78, 5) is 24.3. The molecular formula is C27H29FN2O10S. The van der Waals surface area contributed by atoms with Gasteiger partial charge >= 0.3 is 11.9 Å². The van der Waals surface area contributed by atoms with Gasteiger partial charge in [0.25, 0.3) is 0 Å². The summed E-state index contributed by atoms with van der Waals surface area (Å²) >= 11 is 0. The minimum Gasteiger partial charge on any atom is -0.479 e. The van der Waals surface area contributed by atoms with Gasteiger partial charge in [0.15, 0.2) is 6.10 Å². The Balaban J connectivity index is 1.38. The highest BCUT2D eigenvalue weighted by Crippen LogP contribution is 2.34. The Labute approximate surface area is 234 Å². The summed E-state index contributed by atoms with van der Waals surface area (Å²) in [5.41, 5.74) is 2.17. The highest BCUT2D eigenvalue weighted by Gasteiger charge is 2.48. The van der Waals surface area contributed by atoms with Crippen molar-refractivity contribution in [2.24, 2.45) is 0 Å². The molecule has 14 heteroatoms. The molecule has 220 valence electrons. The van der Waals surface area contributed by atoms with Gasteiger partial charge < -0.3 is 34.5 Å². The van der Waals surface area contributed by atoms with Gasteiger partial charge in [-0.1, -0.05) is 18.2 Å². The van der Waals surface area contributed by atoms with Crippen LogP contribution in [-0.2, 0) is 48.5 Å². The highest BCUT2D eigenvalue weighted by atomic mass is 32.2. The van der Waals surface area contributed by atoms with E-state index in [-0.39, 0.29) is 17.9 Å². The Bertz CT molecular complexity index is 1570. The van der Waals surface area contributed by atoms with Gasteiger partial charge in [-0.25, -0.2) is 17.6 Å². The molecular weight excluding hydrogens is 563 g/mol. The fraction of sp³-hybridized carbons (Fsp3) is 0.407. The number of sulfonamides is 1. The number of aromatic nitrogens is 1. The molecule has 2 aromatic carbocycles. The Morgan fingerprint density at radius 2 is 1.76 bits per heavy atom. The normalized spacial score (nSPS) is 26.6. The van der Waals surface area contributed by atoms with Crippen LogP contribution in [0.1, 0.15) is 17.7 Å². The quantitative estimate of drug-likeness (QED) is 0.281. The Hall–Kier alpha value is -3.40. The third kappa shape index (κ3) is 5.34. The maximum atomic E-state index is 13.4. The third-order valence-electron chi connectivity index (χ3n) is 7.69. The molecule has 0 saturated carbocycles. The number of esters is 1. The average molecular weight is 593 g/mol. The predicted molar refractivity (Wildman–Crippen MR) is 140 cm³/mol. The molecule has 1 aromatic heterocycles. The minimum absolute atomic E-state index is 0.0251. The third-order valence-corrected chi connectivity index (χ3v) is 9.61. The standard InChI is InChI=1S/C27H29FN2O10S/c1-29(41(37,38)16-9-6-14(28)7-10-16)15-8-11-20-18(17-4-2-3-5-19(17)30(20)13-15)12-21(31)39-27-24(34)22(32)23(33)25(40-27)26(35)36/h2-7,9-10,15,22-25,27,32-34H,8,11-13H2,1H3,(H,35,36)/t15-,22+,23+,24-,25+,27-/m1/s1. The van der Waals surface area contributed by atoms with E-state index in [9.17, 15) is 42.8 Å². The van der Waals surface area contributed by atoms with Crippen molar-refractivity contribution in [1.29, 1.82) is 0 Å². The Kier molecular flexibility index (Phi) is 7.89. The lowest BCUT2D eigenvalue weighted by Crippen LogP contribution is -2.60. The van der Waals surface area contributed by atoms with Crippen molar-refractivity contribution in [3.8, 4) is 0 Å². The fourth-order valence-corrected chi connectivity index (χ4v) is 6.83. The van der Waals surface area contributed by atoms with Crippen LogP contribution >= 0.6 is 0 Å². The van der Waals surface area contributed by atoms with Crippen molar-refractivity contribution in [1.82, 2.24) is 8.87 Å². The SMILES string of the molecule is CN([C@@H]1CCc2c(CC(=O)O[C@@H]3O[C@H](C(=O)O)[C@@H](O)[C@H](O)[C@H]3O)c3ccccc3n2C1)S(=O)(=O)c1ccc(F)cc1. The number of halogens is 1. The summed E-state index contributed by atoms with van der Waals surface area (Å²) < 4.78 is 53.3. The van der Waals surface area contributed by atoms with Crippen molar-refractivity contribution in [2.45, 2.75) is 67.5 Å². The number of fused-ring (bicyclic) bond motifs is 3. The molecule has 41 heavy (non-hydrogen) atoms. The van der Waals surface area contributed by atoms with Crippen LogP contribution in [0.25, 0.3) is 10.9 Å². The number of carboxylic acid groups (broad SMARTS) is 1. The van der Waals surface area contributed by atoms with E-state index in [0.717, 1.165) is 28.7 Å². The topological polar surface area (TPSA) is 176 Å². The number of nitrogens with zero attached hydrogens (tertiary/aromatic N) is 2. The monoisotopic (exact) mass is 592 g/mol. The molecule has 0 amide bonds. The van der Waals surface area contributed by atoms with Gasteiger partial charge in [0.1, 0.15) is 24.1 Å². The second-order valence-electron chi connectivity index (χ2n) is 10.1. The number of hydrogen-bond acceptors (Lipinski definition) is 9. The van der Waals surface area contributed by atoms with Crippen LogP contribution in [-0.4, -0.2) is 93.5 Å². The predicted octanol–water partition coefficient (Wildman–Crippen LogP) is 0.394. The van der Waals surface area contributed by atoms with Gasteiger partial charge in [-0.15, -0.1) is 0 Å². The summed E-state index contributed by atoms with van der Waals surface area (Å²) in [6, 6.07) is 11.4. The minimum atomic E-state index is -3.90. The second-order valence-corrected chi connectivity index (χ2v) is 12.1. The summed E-state index contributed by atoms with van der Waals surface area (Å²) in [5.74, 6) is -3.00. The fourth-order valence-electron chi connectivity index (χ4n) is 5.46. The van der Waals surface area contributed by atoms with E-state index >= 15 is 0 Å². The molecule has 0 spiro atoms. The lowest BCUT2D eigenvalue weighted by atomic mass is 9.99. The van der Waals surface area contributed by atoms with Gasteiger partial charge in [-0.2, -0.15) is 4.31 Å². The number of hydrogen-bond donors (Lipinski definition) is 4. The van der Waals surface area contributed by atoms with Crippen molar-refractivity contribution in [3.05, 3.63) is 65.6 Å². The van der Waals surface area contributed by atoms with Crippen LogP contribution in [0.15, 0.2) is 53.4 Å². The number of carbonyl (C=O) groups excluding carboxylic acids is 1. The molecule has 3 aromatic rings. The number of ether oxygens (including phenoxy) is 2. The molecule has 12 nitrogen and oxygen atoms in total. The molecule has 0 unspecified atom stereocenters. The number of aliphatic hydroxyl groups excluding tert-OH is 3. The van der Waals surface area contributed by atoms with E-state index in [1.54, 1.807) is 6.07 Å². The Morgan fingerprint density at radius 1 is 1.07 bits per heavy atom. The first-order chi connectivity index (χ1) is 19.4. The largest absolute Gasteiger partial charge is 0.479 e. The molecule has 0 bridgehead atoms. The van der Waals surface area contributed by atoms with Gasteiger partial charge in [0.05, 0.1) is 11.3 Å². The second kappa shape index (κ2) is 11.1. The van der Waals surface area contributed by atoms with E-state index in [0.29, 0.717) is 18.4 Å². The van der Waals surface area contributed by atoms with Crippen molar-refractivity contribution in [3.63, 3.8) is 0 Å². The van der Waals surface area contributed by atoms with Crippen molar-refractivity contribution >= 4 is 32.9 Å². The first-order valence-corrected chi connectivity index (χ1v) is 14.3. The van der Waals surface area contributed by atoms with Crippen molar-refractivity contribution in [2.75, 3.05) is 7.05 Å². The number of benzene rings is 2. The van der Waals surface area contributed by atoms with Crippen molar-refractivity contribution < 1.29 is 52.3 Å². The first kappa shape index (κ1) is 29.1. The van der Waals surface area contributed by atoms with Crippen LogP contribution in [0.5, 0.6) is 0 Å². The number of para-hydroxylation sites is 1. The maximum Gasteiger partial charge on any atom is 0.335 e. The van der Waals surface area contributed by atoms with Crippen LogP contribution in [0.3, 0.4) is 0 Å². The van der Waals surface area contributed by atoms with E-state index in [2.05, 4.69) is 0 Å². The van der Waals surface area contributed by atoms with E-state index < -0.39 is 64.5 Å². The average Bonchev–Trinajstić information content (AvgIpc) is 3.25. The summed E-state index contributed by atoms with van der Waals surface area (Å²) in [5, 5.41) is 40.0. The molecule has 2 aliphatic rings. The van der Waals surface area contributed by atoms with Gasteiger partial charge in [-0.3, -0.25) is 4.79 Å². The summed E-state index contributed by atoms with van der Waals surface area (Å²) in [6.45, 7) is 0.288. The number of aliphatic hydroxyl groups is 3. The molecule has 1 saturated heterocycles.